The summed E-state index contributed by atoms with van der Waals surface area (Å²) in [4.78, 5) is 12.0. The first kappa shape index (κ1) is 18.8. The van der Waals surface area contributed by atoms with E-state index in [1.807, 2.05) is 30.3 Å². The van der Waals surface area contributed by atoms with E-state index in [-0.39, 0.29) is 10.7 Å². The maximum atomic E-state index is 12.8. The molecule has 0 aliphatic heterocycles. The van der Waals surface area contributed by atoms with Crippen molar-refractivity contribution in [2.24, 2.45) is 0 Å². The lowest BCUT2D eigenvalue weighted by atomic mass is 10.2. The topological polar surface area (TPSA) is 42.2 Å². The van der Waals surface area contributed by atoms with E-state index < -0.39 is 17.6 Å². The van der Waals surface area contributed by atoms with Gasteiger partial charge in [0.25, 0.3) is 0 Å². The first-order chi connectivity index (χ1) is 12.8. The number of benzene rings is 2. The zero-order chi connectivity index (χ0) is 19.4. The summed E-state index contributed by atoms with van der Waals surface area (Å²) in [6.07, 6.45) is -1.95. The first-order valence-electron chi connectivity index (χ1n) is 7.84. The Labute approximate surface area is 158 Å². The highest BCUT2D eigenvalue weighted by Gasteiger charge is 2.31. The number of rotatable bonds is 4. The minimum Gasteiger partial charge on any atom is -0.457 e. The Morgan fingerprint density at radius 1 is 1.04 bits per heavy atom. The Morgan fingerprint density at radius 3 is 2.48 bits per heavy atom. The molecule has 1 heterocycles. The number of hydrogen-bond acceptors (Lipinski definition) is 2. The third-order valence-electron chi connectivity index (χ3n) is 3.64. The van der Waals surface area contributed by atoms with Crippen LogP contribution in [-0.4, -0.2) is 5.91 Å². The molecule has 7 heteroatoms. The largest absolute Gasteiger partial charge is 0.457 e. The number of carbonyl (C=O) groups is 1. The molecule has 0 bridgehead atoms. The summed E-state index contributed by atoms with van der Waals surface area (Å²) in [6.45, 7) is 0. The third kappa shape index (κ3) is 4.80. The second-order valence-corrected chi connectivity index (χ2v) is 5.99. The summed E-state index contributed by atoms with van der Waals surface area (Å²) in [5.74, 6) is 0.435. The maximum absolute atomic E-state index is 12.8. The molecule has 138 valence electrons. The predicted octanol–water partition coefficient (Wildman–Crippen LogP) is 6.27. The molecule has 0 saturated carbocycles. The Morgan fingerprint density at radius 2 is 1.78 bits per heavy atom. The second kappa shape index (κ2) is 7.72. The number of hydrogen-bond donors (Lipinski definition) is 1. The number of amides is 1. The third-order valence-corrected chi connectivity index (χ3v) is 3.97. The van der Waals surface area contributed by atoms with E-state index in [4.69, 9.17) is 16.0 Å². The van der Waals surface area contributed by atoms with Crippen LogP contribution >= 0.6 is 11.6 Å². The molecule has 2 aromatic carbocycles. The average molecular weight is 392 g/mol. The van der Waals surface area contributed by atoms with Gasteiger partial charge in [0.1, 0.15) is 11.5 Å². The highest BCUT2D eigenvalue weighted by atomic mass is 35.5. The predicted molar refractivity (Wildman–Crippen MR) is 98.3 cm³/mol. The van der Waals surface area contributed by atoms with Crippen molar-refractivity contribution in [1.82, 2.24) is 0 Å². The van der Waals surface area contributed by atoms with Crippen molar-refractivity contribution in [2.45, 2.75) is 6.18 Å². The fourth-order valence-electron chi connectivity index (χ4n) is 2.33. The molecule has 0 saturated heterocycles. The van der Waals surface area contributed by atoms with Crippen molar-refractivity contribution in [3.63, 3.8) is 0 Å². The summed E-state index contributed by atoms with van der Waals surface area (Å²) in [5.41, 5.74) is -0.132. The van der Waals surface area contributed by atoms with Gasteiger partial charge in [-0.3, -0.25) is 4.79 Å². The fourth-order valence-corrected chi connectivity index (χ4v) is 2.49. The van der Waals surface area contributed by atoms with E-state index in [2.05, 4.69) is 5.32 Å². The molecule has 0 aliphatic rings. The van der Waals surface area contributed by atoms with E-state index >= 15 is 0 Å². The van der Waals surface area contributed by atoms with Gasteiger partial charge in [-0.25, -0.2) is 0 Å². The molecule has 27 heavy (non-hydrogen) atoms. The molecule has 3 nitrogen and oxygen atoms in total. The minimum absolute atomic E-state index is 0.00844. The summed E-state index contributed by atoms with van der Waals surface area (Å²) in [6, 6.07) is 15.6. The van der Waals surface area contributed by atoms with Crippen LogP contribution < -0.4 is 5.32 Å². The number of furan rings is 1. The summed E-state index contributed by atoms with van der Waals surface area (Å²) in [7, 11) is 0. The Hall–Kier alpha value is -2.99. The molecule has 3 aromatic rings. The van der Waals surface area contributed by atoms with Crippen molar-refractivity contribution in [3.8, 4) is 11.3 Å². The molecule has 1 aromatic heterocycles. The molecule has 0 spiro atoms. The van der Waals surface area contributed by atoms with Gasteiger partial charge >= 0.3 is 6.18 Å². The highest BCUT2D eigenvalue weighted by molar-refractivity contribution is 6.33. The quantitative estimate of drug-likeness (QED) is 0.532. The second-order valence-electron chi connectivity index (χ2n) is 5.58. The van der Waals surface area contributed by atoms with Crippen LogP contribution in [0.25, 0.3) is 17.4 Å². The van der Waals surface area contributed by atoms with Gasteiger partial charge in [0.2, 0.25) is 5.91 Å². The lowest BCUT2D eigenvalue weighted by Gasteiger charge is -2.10. The van der Waals surface area contributed by atoms with Gasteiger partial charge in [-0.15, -0.1) is 0 Å². The Bertz CT molecular complexity index is 978. The van der Waals surface area contributed by atoms with Crippen LogP contribution in [0.5, 0.6) is 0 Å². The van der Waals surface area contributed by atoms with E-state index in [9.17, 15) is 18.0 Å². The molecule has 1 N–H and O–H groups in total. The summed E-state index contributed by atoms with van der Waals surface area (Å²) in [5, 5.41) is 2.34. The molecule has 0 fully saturated rings. The first-order valence-corrected chi connectivity index (χ1v) is 8.22. The molecule has 0 radical (unpaired) electrons. The molecule has 0 aliphatic carbocycles. The highest BCUT2D eigenvalue weighted by Crippen LogP contribution is 2.33. The number of alkyl halides is 3. The monoisotopic (exact) mass is 391 g/mol. The van der Waals surface area contributed by atoms with Crippen LogP contribution in [0, 0.1) is 0 Å². The number of nitrogens with one attached hydrogen (secondary N) is 1. The van der Waals surface area contributed by atoms with Crippen molar-refractivity contribution in [1.29, 1.82) is 0 Å². The van der Waals surface area contributed by atoms with Crippen molar-refractivity contribution >= 4 is 29.3 Å². The van der Waals surface area contributed by atoms with Crippen LogP contribution in [-0.2, 0) is 11.0 Å². The fraction of sp³-hybridized carbons (Fsp3) is 0.0500. The van der Waals surface area contributed by atoms with Gasteiger partial charge in [-0.1, -0.05) is 41.9 Å². The molecule has 0 atom stereocenters. The van der Waals surface area contributed by atoms with Crippen molar-refractivity contribution in [2.75, 3.05) is 5.32 Å². The SMILES string of the molecule is O=C(/C=C/c1ccc(-c2ccccc2)o1)Nc1cc(C(F)(F)F)ccc1Cl. The number of anilines is 1. The zero-order valence-corrected chi connectivity index (χ0v) is 14.5. The van der Waals surface area contributed by atoms with E-state index in [1.165, 1.54) is 6.08 Å². The van der Waals surface area contributed by atoms with Gasteiger partial charge in [0.05, 0.1) is 16.3 Å². The summed E-state index contributed by atoms with van der Waals surface area (Å²) >= 11 is 5.85. The normalized spacial score (nSPS) is 11.7. The molecule has 0 unspecified atom stereocenters. The van der Waals surface area contributed by atoms with E-state index in [1.54, 1.807) is 12.1 Å². The molecule has 3 rings (SSSR count). The van der Waals surface area contributed by atoms with Crippen LogP contribution in [0.2, 0.25) is 5.02 Å². The van der Waals surface area contributed by atoms with Gasteiger partial charge in [0.15, 0.2) is 0 Å². The Balaban J connectivity index is 1.70. The molecular weight excluding hydrogens is 379 g/mol. The number of halogens is 4. The summed E-state index contributed by atoms with van der Waals surface area (Å²) < 4.78 is 43.9. The van der Waals surface area contributed by atoms with Gasteiger partial charge in [0, 0.05) is 11.6 Å². The lowest BCUT2D eigenvalue weighted by Crippen LogP contribution is -2.10. The van der Waals surface area contributed by atoms with Crippen LogP contribution in [0.15, 0.2) is 71.2 Å². The van der Waals surface area contributed by atoms with Gasteiger partial charge < -0.3 is 9.73 Å². The van der Waals surface area contributed by atoms with Crippen LogP contribution in [0.3, 0.4) is 0 Å². The molecular formula is C20H13ClF3NO2. The van der Waals surface area contributed by atoms with E-state index in [0.717, 1.165) is 29.8 Å². The zero-order valence-electron chi connectivity index (χ0n) is 13.8. The van der Waals surface area contributed by atoms with Crippen LogP contribution in [0.1, 0.15) is 11.3 Å². The Kier molecular flexibility index (Phi) is 5.37. The smallest absolute Gasteiger partial charge is 0.416 e. The van der Waals surface area contributed by atoms with Crippen molar-refractivity contribution < 1.29 is 22.4 Å². The standard InChI is InChI=1S/C20H13ClF3NO2/c21-16-9-6-14(20(22,23)24)12-17(16)25-19(26)11-8-15-7-10-18(27-15)13-4-2-1-3-5-13/h1-12H,(H,25,26)/b11-8+. The van der Waals surface area contributed by atoms with Gasteiger partial charge in [-0.05, 0) is 36.4 Å². The average Bonchev–Trinajstić information content (AvgIpc) is 3.11. The molecule has 1 amide bonds. The maximum Gasteiger partial charge on any atom is 0.416 e. The number of carbonyl (C=O) groups excluding carboxylic acids is 1. The minimum atomic E-state index is -4.53. The van der Waals surface area contributed by atoms with Crippen molar-refractivity contribution in [3.05, 3.63) is 83.1 Å². The van der Waals surface area contributed by atoms with Gasteiger partial charge in [-0.2, -0.15) is 13.2 Å². The lowest BCUT2D eigenvalue weighted by molar-refractivity contribution is -0.137. The van der Waals surface area contributed by atoms with E-state index in [0.29, 0.717) is 11.5 Å². The van der Waals surface area contributed by atoms with Crippen LogP contribution in [0.4, 0.5) is 18.9 Å².